The molecule has 0 aromatic heterocycles. The second-order valence-electron chi connectivity index (χ2n) is 4.62. The zero-order chi connectivity index (χ0) is 12.5. The molecule has 18 heavy (non-hydrogen) atoms. The molecule has 1 aromatic carbocycles. The summed E-state index contributed by atoms with van der Waals surface area (Å²) >= 11 is 0. The zero-order valence-corrected chi connectivity index (χ0v) is 10.1. The third kappa shape index (κ3) is 1.85. The van der Waals surface area contributed by atoms with Gasteiger partial charge >= 0.3 is 6.09 Å². The average Bonchev–Trinajstić information content (AvgIpc) is 2.87. The molecule has 0 saturated carbocycles. The van der Waals surface area contributed by atoms with Gasteiger partial charge in [0.2, 0.25) is 0 Å². The van der Waals surface area contributed by atoms with E-state index in [0.717, 1.165) is 37.6 Å². The van der Waals surface area contributed by atoms with Crippen molar-refractivity contribution in [2.75, 3.05) is 37.7 Å². The van der Waals surface area contributed by atoms with E-state index in [1.807, 2.05) is 6.07 Å². The Balaban J connectivity index is 1.77. The summed E-state index contributed by atoms with van der Waals surface area (Å²) in [5.41, 5.74) is 2.36. The molecular weight excluding hydrogens is 232 g/mol. The summed E-state index contributed by atoms with van der Waals surface area (Å²) in [5.74, 6) is 0.987. The van der Waals surface area contributed by atoms with Gasteiger partial charge in [-0.1, -0.05) is 12.1 Å². The topological polar surface area (TPSA) is 53.0 Å². The van der Waals surface area contributed by atoms with Crippen LogP contribution in [0.3, 0.4) is 0 Å². The Morgan fingerprint density at radius 3 is 2.72 bits per heavy atom. The second-order valence-corrected chi connectivity index (χ2v) is 4.62. The van der Waals surface area contributed by atoms with Gasteiger partial charge in [-0.3, -0.25) is 0 Å². The number of nitrogens with zero attached hydrogens (tertiary/aromatic N) is 2. The minimum atomic E-state index is -0.829. The number of para-hydroxylation sites is 1. The number of fused-ring (bicyclic) bond motifs is 1. The Morgan fingerprint density at radius 2 is 2.00 bits per heavy atom. The van der Waals surface area contributed by atoms with Crippen molar-refractivity contribution in [1.29, 1.82) is 0 Å². The summed E-state index contributed by atoms with van der Waals surface area (Å²) in [6.45, 7) is 3.32. The molecule has 5 heteroatoms. The molecule has 1 amide bonds. The number of carboxylic acid groups (broad SMARTS) is 1. The number of carbonyl (C=O) groups is 1. The van der Waals surface area contributed by atoms with E-state index >= 15 is 0 Å². The zero-order valence-electron chi connectivity index (χ0n) is 10.1. The number of anilines is 1. The van der Waals surface area contributed by atoms with Gasteiger partial charge in [0, 0.05) is 32.6 Å². The van der Waals surface area contributed by atoms with Crippen molar-refractivity contribution in [2.24, 2.45) is 0 Å². The maximum absolute atomic E-state index is 10.9. The molecule has 0 radical (unpaired) electrons. The lowest BCUT2D eigenvalue weighted by Crippen LogP contribution is -2.48. The van der Waals surface area contributed by atoms with Gasteiger partial charge < -0.3 is 19.6 Å². The standard InChI is InChI=1S/C13H16N2O3/c16-13(17)15-7-5-14(6-8-15)11-3-1-2-10-4-9-18-12(10)11/h1-3H,4-9H2,(H,16,17). The summed E-state index contributed by atoms with van der Waals surface area (Å²) in [6, 6.07) is 6.20. The lowest BCUT2D eigenvalue weighted by Gasteiger charge is -2.35. The van der Waals surface area contributed by atoms with Crippen LogP contribution in [0.15, 0.2) is 18.2 Å². The van der Waals surface area contributed by atoms with Crippen LogP contribution in [-0.4, -0.2) is 48.9 Å². The number of benzene rings is 1. The van der Waals surface area contributed by atoms with E-state index in [1.165, 1.54) is 10.5 Å². The first-order valence-corrected chi connectivity index (χ1v) is 6.23. The van der Waals surface area contributed by atoms with E-state index in [2.05, 4.69) is 17.0 Å². The van der Waals surface area contributed by atoms with Crippen LogP contribution in [0.4, 0.5) is 10.5 Å². The number of ether oxygens (including phenoxy) is 1. The van der Waals surface area contributed by atoms with E-state index < -0.39 is 6.09 Å². The summed E-state index contributed by atoms with van der Waals surface area (Å²) in [6.07, 6.45) is 0.141. The maximum Gasteiger partial charge on any atom is 0.407 e. The lowest BCUT2D eigenvalue weighted by atomic mass is 10.1. The number of amides is 1. The molecule has 2 heterocycles. The highest BCUT2D eigenvalue weighted by atomic mass is 16.5. The molecule has 0 unspecified atom stereocenters. The first-order chi connectivity index (χ1) is 8.75. The fourth-order valence-corrected chi connectivity index (χ4v) is 2.59. The maximum atomic E-state index is 10.9. The van der Waals surface area contributed by atoms with Gasteiger partial charge in [0.05, 0.1) is 12.3 Å². The van der Waals surface area contributed by atoms with Crippen LogP contribution in [0.5, 0.6) is 5.75 Å². The SMILES string of the molecule is O=C(O)N1CCN(c2cccc3c2OCC3)CC1. The summed E-state index contributed by atoms with van der Waals surface area (Å²) in [5, 5.41) is 8.93. The van der Waals surface area contributed by atoms with Crippen LogP contribution >= 0.6 is 0 Å². The third-order valence-electron chi connectivity index (χ3n) is 3.58. The van der Waals surface area contributed by atoms with Crippen LogP contribution in [0.1, 0.15) is 5.56 Å². The van der Waals surface area contributed by atoms with Crippen LogP contribution in [0.25, 0.3) is 0 Å². The van der Waals surface area contributed by atoms with Crippen LogP contribution < -0.4 is 9.64 Å². The number of hydrogen-bond acceptors (Lipinski definition) is 3. The van der Waals surface area contributed by atoms with Crippen molar-refractivity contribution in [3.05, 3.63) is 23.8 Å². The van der Waals surface area contributed by atoms with Gasteiger partial charge in [0.15, 0.2) is 0 Å². The molecule has 0 aliphatic carbocycles. The molecule has 1 saturated heterocycles. The first-order valence-electron chi connectivity index (χ1n) is 6.23. The van der Waals surface area contributed by atoms with Gasteiger partial charge in [0.1, 0.15) is 5.75 Å². The Bertz CT molecular complexity index is 467. The monoisotopic (exact) mass is 248 g/mol. The molecule has 3 rings (SSSR count). The molecule has 1 fully saturated rings. The van der Waals surface area contributed by atoms with Gasteiger partial charge in [-0.05, 0) is 11.6 Å². The van der Waals surface area contributed by atoms with Gasteiger partial charge in [0.25, 0.3) is 0 Å². The van der Waals surface area contributed by atoms with Gasteiger partial charge in [-0.25, -0.2) is 4.79 Å². The molecule has 1 N–H and O–H groups in total. The summed E-state index contributed by atoms with van der Waals surface area (Å²) in [4.78, 5) is 14.5. The van der Waals surface area contributed by atoms with Crippen LogP contribution in [0, 0.1) is 0 Å². The lowest BCUT2D eigenvalue weighted by molar-refractivity contribution is 0.142. The van der Waals surface area contributed by atoms with Crippen molar-refractivity contribution in [1.82, 2.24) is 4.90 Å². The Hall–Kier alpha value is -1.91. The highest BCUT2D eigenvalue weighted by Crippen LogP contribution is 2.36. The van der Waals surface area contributed by atoms with E-state index in [9.17, 15) is 4.79 Å². The number of rotatable bonds is 1. The molecule has 5 nitrogen and oxygen atoms in total. The van der Waals surface area contributed by atoms with Crippen LogP contribution in [-0.2, 0) is 6.42 Å². The first kappa shape index (κ1) is 11.2. The van der Waals surface area contributed by atoms with E-state index in [-0.39, 0.29) is 0 Å². The molecule has 96 valence electrons. The number of hydrogen-bond donors (Lipinski definition) is 1. The van der Waals surface area contributed by atoms with E-state index in [0.29, 0.717) is 13.1 Å². The molecule has 0 bridgehead atoms. The molecule has 0 atom stereocenters. The highest BCUT2D eigenvalue weighted by molar-refractivity contribution is 5.67. The Kier molecular flexibility index (Phi) is 2.74. The summed E-state index contributed by atoms with van der Waals surface area (Å²) in [7, 11) is 0. The molecule has 1 aromatic rings. The summed E-state index contributed by atoms with van der Waals surface area (Å²) < 4.78 is 5.69. The minimum Gasteiger partial charge on any atom is -0.491 e. The quantitative estimate of drug-likeness (QED) is 0.816. The van der Waals surface area contributed by atoms with Crippen LogP contribution in [0.2, 0.25) is 0 Å². The third-order valence-corrected chi connectivity index (χ3v) is 3.58. The largest absolute Gasteiger partial charge is 0.491 e. The minimum absolute atomic E-state index is 0.555. The smallest absolute Gasteiger partial charge is 0.407 e. The van der Waals surface area contributed by atoms with E-state index in [4.69, 9.17) is 9.84 Å². The Labute approximate surface area is 106 Å². The molecule has 2 aliphatic rings. The van der Waals surface area contributed by atoms with Crippen molar-refractivity contribution in [3.63, 3.8) is 0 Å². The average molecular weight is 248 g/mol. The highest BCUT2D eigenvalue weighted by Gasteiger charge is 2.24. The molecule has 0 spiro atoms. The van der Waals surface area contributed by atoms with E-state index in [1.54, 1.807) is 0 Å². The van der Waals surface area contributed by atoms with Gasteiger partial charge in [-0.15, -0.1) is 0 Å². The van der Waals surface area contributed by atoms with Crippen molar-refractivity contribution in [3.8, 4) is 5.75 Å². The predicted molar refractivity (Wildman–Crippen MR) is 67.5 cm³/mol. The normalized spacial score (nSPS) is 18.4. The fourth-order valence-electron chi connectivity index (χ4n) is 2.59. The Morgan fingerprint density at radius 1 is 1.22 bits per heavy atom. The van der Waals surface area contributed by atoms with Crippen molar-refractivity contribution in [2.45, 2.75) is 6.42 Å². The fraction of sp³-hybridized carbons (Fsp3) is 0.462. The molecular formula is C13H16N2O3. The van der Waals surface area contributed by atoms with Crippen molar-refractivity contribution >= 4 is 11.8 Å². The van der Waals surface area contributed by atoms with Crippen molar-refractivity contribution < 1.29 is 14.6 Å². The second kappa shape index (κ2) is 4.40. The van der Waals surface area contributed by atoms with Gasteiger partial charge in [-0.2, -0.15) is 0 Å². The molecule has 2 aliphatic heterocycles. The predicted octanol–water partition coefficient (Wildman–Crippen LogP) is 1.42. The number of piperazine rings is 1.